The summed E-state index contributed by atoms with van der Waals surface area (Å²) in [6.45, 7) is 0. The highest BCUT2D eigenvalue weighted by Crippen LogP contribution is 2.41. The van der Waals surface area contributed by atoms with Crippen LogP contribution in [0.3, 0.4) is 0 Å². The summed E-state index contributed by atoms with van der Waals surface area (Å²) in [5.41, 5.74) is 3.43. The molecule has 2 atom stereocenters. The van der Waals surface area contributed by atoms with Gasteiger partial charge in [0.2, 0.25) is 17.7 Å². The van der Waals surface area contributed by atoms with E-state index in [-0.39, 0.29) is 17.3 Å². The topological polar surface area (TPSA) is 69.7 Å². The van der Waals surface area contributed by atoms with Crippen LogP contribution in [0.15, 0.2) is 60.7 Å². The van der Waals surface area contributed by atoms with Gasteiger partial charge >= 0.3 is 0 Å². The molecule has 0 saturated carbocycles. The van der Waals surface area contributed by atoms with Crippen molar-refractivity contribution in [3.05, 3.63) is 77.4 Å². The van der Waals surface area contributed by atoms with Gasteiger partial charge in [0.1, 0.15) is 17.6 Å². The molecule has 2 heterocycles. The zero-order chi connectivity index (χ0) is 21.2. The lowest BCUT2D eigenvalue weighted by Crippen LogP contribution is -2.05. The molecule has 1 fully saturated rings. The second-order valence-electron chi connectivity index (χ2n) is 7.49. The minimum Gasteiger partial charge on any atom is -0.486 e. The standard InChI is InChI=1S/C24H22N2O4S/c1-28-23-6-3-7-24(25-23)30-19-5-2-4-17-18(19)12-13-20(17)29-16-10-8-15(9-11-16)21-14-22(27)26-31-21/h2-11,20-21H,12-14H2,1H3,(H,26,27). The summed E-state index contributed by atoms with van der Waals surface area (Å²) >= 11 is 1.47. The first-order valence-corrected chi connectivity index (χ1v) is 11.1. The Morgan fingerprint density at radius 3 is 2.61 bits per heavy atom. The maximum atomic E-state index is 11.4. The van der Waals surface area contributed by atoms with Crippen LogP contribution in [0.1, 0.15) is 40.9 Å². The summed E-state index contributed by atoms with van der Waals surface area (Å²) in [5, 5.41) is 0.165. The minimum absolute atomic E-state index is 0.0215. The molecule has 1 aliphatic heterocycles. The number of methoxy groups -OCH3 is 1. The van der Waals surface area contributed by atoms with Crippen molar-refractivity contribution >= 4 is 17.9 Å². The third-order valence-electron chi connectivity index (χ3n) is 5.51. The third kappa shape index (κ3) is 4.18. The molecule has 31 heavy (non-hydrogen) atoms. The summed E-state index contributed by atoms with van der Waals surface area (Å²) in [5.74, 6) is 2.73. The van der Waals surface area contributed by atoms with E-state index in [0.717, 1.165) is 41.0 Å². The van der Waals surface area contributed by atoms with Gasteiger partial charge in [-0.3, -0.25) is 9.52 Å². The first-order chi connectivity index (χ1) is 15.2. The van der Waals surface area contributed by atoms with Crippen molar-refractivity contribution in [2.24, 2.45) is 0 Å². The van der Waals surface area contributed by atoms with E-state index in [9.17, 15) is 4.79 Å². The van der Waals surface area contributed by atoms with Gasteiger partial charge in [0, 0.05) is 24.1 Å². The lowest BCUT2D eigenvalue weighted by Gasteiger charge is -2.16. The number of rotatable bonds is 6. The van der Waals surface area contributed by atoms with Crippen molar-refractivity contribution in [3.63, 3.8) is 0 Å². The predicted octanol–water partition coefficient (Wildman–Crippen LogP) is 5.16. The molecule has 2 aliphatic rings. The second kappa shape index (κ2) is 8.51. The average molecular weight is 435 g/mol. The van der Waals surface area contributed by atoms with Gasteiger partial charge in [-0.1, -0.05) is 30.3 Å². The first kappa shape index (κ1) is 19.8. The minimum atomic E-state index is -0.0215. The van der Waals surface area contributed by atoms with Crippen LogP contribution in [0, 0.1) is 0 Å². The monoisotopic (exact) mass is 434 g/mol. The lowest BCUT2D eigenvalue weighted by molar-refractivity contribution is -0.118. The second-order valence-corrected chi connectivity index (χ2v) is 8.50. The van der Waals surface area contributed by atoms with E-state index in [1.54, 1.807) is 13.2 Å². The maximum absolute atomic E-state index is 11.4. The summed E-state index contributed by atoms with van der Waals surface area (Å²) in [6, 6.07) is 19.6. The van der Waals surface area contributed by atoms with Crippen LogP contribution >= 0.6 is 11.9 Å². The molecule has 1 saturated heterocycles. The summed E-state index contributed by atoms with van der Waals surface area (Å²) in [6.07, 6.45) is 2.27. The largest absolute Gasteiger partial charge is 0.486 e. The maximum Gasteiger partial charge on any atom is 0.231 e. The van der Waals surface area contributed by atoms with Crippen molar-refractivity contribution < 1.29 is 19.0 Å². The van der Waals surface area contributed by atoms with Gasteiger partial charge in [0.05, 0.1) is 12.4 Å². The summed E-state index contributed by atoms with van der Waals surface area (Å²) < 4.78 is 20.3. The van der Waals surface area contributed by atoms with Crippen molar-refractivity contribution in [2.75, 3.05) is 7.11 Å². The average Bonchev–Trinajstić information content (AvgIpc) is 3.42. The Balaban J connectivity index is 1.30. The van der Waals surface area contributed by atoms with Crippen LogP contribution in [-0.2, 0) is 11.2 Å². The molecule has 1 aromatic heterocycles. The molecule has 0 spiro atoms. The fraction of sp³-hybridized carbons (Fsp3) is 0.250. The number of nitrogens with one attached hydrogen (secondary N) is 1. The molecule has 1 N–H and O–H groups in total. The molecule has 2 unspecified atom stereocenters. The molecule has 158 valence electrons. The van der Waals surface area contributed by atoms with Crippen molar-refractivity contribution in [1.82, 2.24) is 9.71 Å². The molecule has 7 heteroatoms. The van der Waals surface area contributed by atoms with Crippen LogP contribution in [0.2, 0.25) is 0 Å². The molecule has 3 aromatic rings. The zero-order valence-corrected chi connectivity index (χ0v) is 17.9. The van der Waals surface area contributed by atoms with E-state index in [1.807, 2.05) is 48.5 Å². The number of carbonyl (C=O) groups excluding carboxylic acids is 1. The number of pyridine rings is 1. The number of ether oxygens (including phenoxy) is 3. The number of aromatic nitrogens is 1. The number of nitrogens with zero attached hydrogens (tertiary/aromatic N) is 1. The van der Waals surface area contributed by atoms with Gasteiger partial charge in [-0.25, -0.2) is 0 Å². The van der Waals surface area contributed by atoms with E-state index in [4.69, 9.17) is 14.2 Å². The van der Waals surface area contributed by atoms with E-state index < -0.39 is 0 Å². The number of fused-ring (bicyclic) bond motifs is 1. The van der Waals surface area contributed by atoms with Crippen LogP contribution in [0.4, 0.5) is 0 Å². The van der Waals surface area contributed by atoms with E-state index >= 15 is 0 Å². The number of benzene rings is 2. The molecule has 6 nitrogen and oxygen atoms in total. The molecule has 1 amide bonds. The van der Waals surface area contributed by atoms with E-state index in [2.05, 4.69) is 15.8 Å². The van der Waals surface area contributed by atoms with Gasteiger partial charge in [-0.05, 0) is 54.1 Å². The van der Waals surface area contributed by atoms with Gasteiger partial charge in [0.25, 0.3) is 0 Å². The smallest absolute Gasteiger partial charge is 0.231 e. The van der Waals surface area contributed by atoms with Gasteiger partial charge in [-0.15, -0.1) is 0 Å². The fourth-order valence-electron chi connectivity index (χ4n) is 3.98. The molecule has 5 rings (SSSR count). The number of hydrogen-bond donors (Lipinski definition) is 1. The molecule has 1 aliphatic carbocycles. The predicted molar refractivity (Wildman–Crippen MR) is 119 cm³/mol. The Hall–Kier alpha value is -3.19. The van der Waals surface area contributed by atoms with Gasteiger partial charge in [0.15, 0.2) is 0 Å². The Morgan fingerprint density at radius 1 is 1.03 bits per heavy atom. The van der Waals surface area contributed by atoms with E-state index in [1.165, 1.54) is 11.9 Å². The summed E-state index contributed by atoms with van der Waals surface area (Å²) in [4.78, 5) is 15.8. The van der Waals surface area contributed by atoms with Crippen LogP contribution in [0.25, 0.3) is 0 Å². The molecular formula is C24H22N2O4S. The normalized spacial score (nSPS) is 19.6. The Bertz CT molecular complexity index is 1100. The first-order valence-electron chi connectivity index (χ1n) is 10.2. The fourth-order valence-corrected chi connectivity index (χ4v) is 4.86. The van der Waals surface area contributed by atoms with Crippen molar-refractivity contribution in [3.8, 4) is 23.3 Å². The van der Waals surface area contributed by atoms with Crippen LogP contribution < -0.4 is 18.9 Å². The van der Waals surface area contributed by atoms with Crippen molar-refractivity contribution in [1.29, 1.82) is 0 Å². The molecule has 2 aromatic carbocycles. The number of carbonyl (C=O) groups is 1. The SMILES string of the molecule is COc1cccc(Oc2cccc3c2CCC3Oc2ccc(C3CC(=O)NS3)cc2)n1. The highest BCUT2D eigenvalue weighted by molar-refractivity contribution is 7.98. The number of hydrogen-bond acceptors (Lipinski definition) is 6. The van der Waals surface area contributed by atoms with E-state index in [0.29, 0.717) is 18.2 Å². The lowest BCUT2D eigenvalue weighted by atomic mass is 10.1. The highest BCUT2D eigenvalue weighted by Gasteiger charge is 2.28. The van der Waals surface area contributed by atoms with Crippen LogP contribution in [-0.4, -0.2) is 18.0 Å². The number of amides is 1. The van der Waals surface area contributed by atoms with Gasteiger partial charge < -0.3 is 14.2 Å². The molecule has 0 radical (unpaired) electrons. The molecular weight excluding hydrogens is 412 g/mol. The van der Waals surface area contributed by atoms with Crippen LogP contribution in [0.5, 0.6) is 23.3 Å². The van der Waals surface area contributed by atoms with Gasteiger partial charge in [-0.2, -0.15) is 4.98 Å². The highest BCUT2D eigenvalue weighted by atomic mass is 32.2. The summed E-state index contributed by atoms with van der Waals surface area (Å²) in [7, 11) is 1.59. The Kier molecular flexibility index (Phi) is 5.42. The van der Waals surface area contributed by atoms with Crippen molar-refractivity contribution in [2.45, 2.75) is 30.6 Å². The Morgan fingerprint density at radius 2 is 1.84 bits per heavy atom. The molecule has 0 bridgehead atoms. The Labute approximate surface area is 185 Å². The third-order valence-corrected chi connectivity index (χ3v) is 6.58. The zero-order valence-electron chi connectivity index (χ0n) is 17.0. The quantitative estimate of drug-likeness (QED) is 0.541.